The van der Waals surface area contributed by atoms with Crippen LogP contribution in [0.5, 0.6) is 0 Å². The molecule has 0 unspecified atom stereocenters. The van der Waals surface area contributed by atoms with Gasteiger partial charge in [-0.05, 0) is 44.2 Å². The Morgan fingerprint density at radius 1 is 1.37 bits per heavy atom. The Bertz CT molecular complexity index is 834. The normalized spacial score (nSPS) is 15.0. The van der Waals surface area contributed by atoms with Crippen LogP contribution in [0.15, 0.2) is 22.7 Å². The molecule has 0 bridgehead atoms. The number of nitro groups is 1. The summed E-state index contributed by atoms with van der Waals surface area (Å²) in [5, 5.41) is 18.7. The summed E-state index contributed by atoms with van der Waals surface area (Å²) in [6, 6.07) is 5.15. The molecule has 144 valence electrons. The summed E-state index contributed by atoms with van der Waals surface area (Å²) in [5.41, 5.74) is 2.76. The van der Waals surface area contributed by atoms with Gasteiger partial charge in [-0.2, -0.15) is 0 Å². The highest BCUT2D eigenvalue weighted by Gasteiger charge is 2.23. The van der Waals surface area contributed by atoms with E-state index in [1.54, 1.807) is 26.0 Å². The van der Waals surface area contributed by atoms with Gasteiger partial charge in [0.15, 0.2) is 0 Å². The van der Waals surface area contributed by atoms with Crippen LogP contribution in [-0.2, 0) is 4.79 Å². The van der Waals surface area contributed by atoms with Crippen molar-refractivity contribution < 1.29 is 14.2 Å². The Morgan fingerprint density at radius 2 is 2.07 bits per heavy atom. The van der Waals surface area contributed by atoms with E-state index in [2.05, 4.69) is 10.5 Å². The monoisotopic (exact) mass is 372 g/mol. The first-order valence-corrected chi connectivity index (χ1v) is 9.08. The number of hydrogen-bond acceptors (Lipinski definition) is 6. The lowest BCUT2D eigenvalue weighted by Gasteiger charge is -2.31. The molecular weight excluding hydrogens is 348 g/mol. The number of carbonyl (C=O) groups is 1. The SMILES string of the molecule is CC(=O)N1CCC(CNc2ccc(-c3c(C)noc3C)cc2[N+](=O)[O-])CC1. The summed E-state index contributed by atoms with van der Waals surface area (Å²) in [6.45, 7) is 7.33. The Balaban J connectivity index is 1.73. The van der Waals surface area contributed by atoms with Crippen LogP contribution in [0.25, 0.3) is 11.1 Å². The predicted molar refractivity (Wildman–Crippen MR) is 102 cm³/mol. The summed E-state index contributed by atoms with van der Waals surface area (Å²) in [6.07, 6.45) is 1.80. The molecule has 0 spiro atoms. The van der Waals surface area contributed by atoms with Crippen LogP contribution in [0.1, 0.15) is 31.2 Å². The first-order chi connectivity index (χ1) is 12.9. The fourth-order valence-electron chi connectivity index (χ4n) is 3.59. The van der Waals surface area contributed by atoms with E-state index >= 15 is 0 Å². The highest BCUT2D eigenvalue weighted by molar-refractivity contribution is 5.75. The third-order valence-corrected chi connectivity index (χ3v) is 5.16. The molecule has 27 heavy (non-hydrogen) atoms. The van der Waals surface area contributed by atoms with Crippen molar-refractivity contribution in [3.63, 3.8) is 0 Å². The minimum atomic E-state index is -0.373. The zero-order valence-corrected chi connectivity index (χ0v) is 15.8. The zero-order chi connectivity index (χ0) is 19.6. The van der Waals surface area contributed by atoms with E-state index in [0.29, 0.717) is 29.6 Å². The van der Waals surface area contributed by atoms with Crippen LogP contribution >= 0.6 is 0 Å². The van der Waals surface area contributed by atoms with E-state index in [1.807, 2.05) is 17.9 Å². The average molecular weight is 372 g/mol. The molecule has 0 radical (unpaired) electrons. The molecule has 1 aliphatic rings. The molecule has 3 rings (SSSR count). The number of carbonyl (C=O) groups excluding carboxylic acids is 1. The first-order valence-electron chi connectivity index (χ1n) is 9.08. The maximum absolute atomic E-state index is 11.6. The molecule has 1 saturated heterocycles. The van der Waals surface area contributed by atoms with E-state index in [0.717, 1.165) is 37.1 Å². The zero-order valence-electron chi connectivity index (χ0n) is 15.8. The van der Waals surface area contributed by atoms with E-state index in [9.17, 15) is 14.9 Å². The number of benzene rings is 1. The number of nitrogens with one attached hydrogen (secondary N) is 1. The molecule has 0 atom stereocenters. The number of hydrogen-bond donors (Lipinski definition) is 1. The van der Waals surface area contributed by atoms with Gasteiger partial charge in [0, 0.05) is 38.2 Å². The molecule has 1 aromatic heterocycles. The van der Waals surface area contributed by atoms with Crippen molar-refractivity contribution >= 4 is 17.3 Å². The number of rotatable bonds is 5. The fraction of sp³-hybridized carbons (Fsp3) is 0.474. The number of aromatic nitrogens is 1. The van der Waals surface area contributed by atoms with Gasteiger partial charge in [-0.1, -0.05) is 11.2 Å². The van der Waals surface area contributed by atoms with Gasteiger partial charge in [-0.25, -0.2) is 0 Å². The first kappa shape index (κ1) is 18.9. The van der Waals surface area contributed by atoms with Gasteiger partial charge < -0.3 is 14.7 Å². The number of piperidine rings is 1. The Hall–Kier alpha value is -2.90. The molecule has 0 saturated carbocycles. The highest BCUT2D eigenvalue weighted by atomic mass is 16.6. The van der Waals surface area contributed by atoms with Gasteiger partial charge in [0.2, 0.25) is 5.91 Å². The minimum Gasteiger partial charge on any atom is -0.379 e. The predicted octanol–water partition coefficient (Wildman–Crippen LogP) is 3.54. The maximum atomic E-state index is 11.6. The molecule has 8 heteroatoms. The van der Waals surface area contributed by atoms with E-state index in [1.165, 1.54) is 0 Å². The van der Waals surface area contributed by atoms with Crippen LogP contribution in [0.2, 0.25) is 0 Å². The van der Waals surface area contributed by atoms with Gasteiger partial charge in [-0.15, -0.1) is 0 Å². The van der Waals surface area contributed by atoms with E-state index < -0.39 is 0 Å². The van der Waals surface area contributed by atoms with Gasteiger partial charge in [0.1, 0.15) is 11.4 Å². The second-order valence-electron chi connectivity index (χ2n) is 7.02. The quantitative estimate of drug-likeness (QED) is 0.636. The molecular formula is C19H24N4O4. The molecule has 1 aromatic carbocycles. The highest BCUT2D eigenvalue weighted by Crippen LogP contribution is 2.34. The molecule has 1 N–H and O–H groups in total. The van der Waals surface area contributed by atoms with Gasteiger partial charge >= 0.3 is 0 Å². The third kappa shape index (κ3) is 4.10. The second-order valence-corrected chi connectivity index (χ2v) is 7.02. The number of aryl methyl sites for hydroxylation is 2. The van der Waals surface area contributed by atoms with Gasteiger partial charge in [0.25, 0.3) is 5.69 Å². The van der Waals surface area contributed by atoms with Gasteiger partial charge in [-0.3, -0.25) is 14.9 Å². The topological polar surface area (TPSA) is 102 Å². The molecule has 0 aliphatic carbocycles. The van der Waals surface area contributed by atoms with Crippen LogP contribution in [0, 0.1) is 29.9 Å². The van der Waals surface area contributed by atoms with Gasteiger partial charge in [0.05, 0.1) is 10.6 Å². The average Bonchev–Trinajstić information content (AvgIpc) is 2.98. The summed E-state index contributed by atoms with van der Waals surface area (Å²) in [4.78, 5) is 24.4. The van der Waals surface area contributed by atoms with Crippen LogP contribution in [0.3, 0.4) is 0 Å². The van der Waals surface area contributed by atoms with Crippen molar-refractivity contribution in [3.05, 3.63) is 39.8 Å². The van der Waals surface area contributed by atoms with Crippen molar-refractivity contribution in [3.8, 4) is 11.1 Å². The third-order valence-electron chi connectivity index (χ3n) is 5.16. The van der Waals surface area contributed by atoms with Crippen molar-refractivity contribution in [1.29, 1.82) is 0 Å². The number of nitrogens with zero attached hydrogens (tertiary/aromatic N) is 3. The van der Waals surface area contributed by atoms with Crippen molar-refractivity contribution in [1.82, 2.24) is 10.1 Å². The van der Waals surface area contributed by atoms with Crippen LogP contribution in [0.4, 0.5) is 11.4 Å². The molecule has 1 aliphatic heterocycles. The number of likely N-dealkylation sites (tertiary alicyclic amines) is 1. The number of nitro benzene ring substituents is 1. The lowest BCUT2D eigenvalue weighted by atomic mass is 9.96. The summed E-state index contributed by atoms with van der Waals surface area (Å²) in [7, 11) is 0. The molecule has 2 heterocycles. The summed E-state index contributed by atoms with van der Waals surface area (Å²) < 4.78 is 5.17. The Kier molecular flexibility index (Phi) is 5.43. The van der Waals surface area contributed by atoms with Crippen molar-refractivity contribution in [2.75, 3.05) is 25.0 Å². The standard InChI is InChI=1S/C19H24N4O4/c1-12-19(13(2)27-21-12)16-4-5-17(18(10-16)23(25)26)20-11-15-6-8-22(9-7-15)14(3)24/h4-5,10,15,20H,6-9,11H2,1-3H3. The smallest absolute Gasteiger partial charge is 0.292 e. The summed E-state index contributed by atoms with van der Waals surface area (Å²) >= 11 is 0. The second kappa shape index (κ2) is 7.77. The summed E-state index contributed by atoms with van der Waals surface area (Å²) in [5.74, 6) is 1.13. The number of anilines is 1. The molecule has 1 amide bonds. The minimum absolute atomic E-state index is 0.0358. The van der Waals surface area contributed by atoms with Crippen LogP contribution < -0.4 is 5.32 Å². The van der Waals surface area contributed by atoms with Crippen molar-refractivity contribution in [2.45, 2.75) is 33.6 Å². The maximum Gasteiger partial charge on any atom is 0.292 e. The lowest BCUT2D eigenvalue weighted by Crippen LogP contribution is -2.38. The Labute approximate surface area is 157 Å². The van der Waals surface area contributed by atoms with E-state index in [-0.39, 0.29) is 16.5 Å². The van der Waals surface area contributed by atoms with Crippen LogP contribution in [-0.4, -0.2) is 40.5 Å². The molecule has 2 aromatic rings. The Morgan fingerprint density at radius 3 is 2.63 bits per heavy atom. The van der Waals surface area contributed by atoms with E-state index in [4.69, 9.17) is 4.52 Å². The molecule has 8 nitrogen and oxygen atoms in total. The molecule has 1 fully saturated rings. The largest absolute Gasteiger partial charge is 0.379 e. The fourth-order valence-corrected chi connectivity index (χ4v) is 3.59. The number of amides is 1. The van der Waals surface area contributed by atoms with Crippen molar-refractivity contribution in [2.24, 2.45) is 5.92 Å². The lowest BCUT2D eigenvalue weighted by molar-refractivity contribution is -0.383.